The molecule has 4 unspecified atom stereocenters. The Labute approximate surface area is 115 Å². The molecule has 0 spiro atoms. The van der Waals surface area contributed by atoms with Gasteiger partial charge in [0.2, 0.25) is 0 Å². The number of aliphatic hydroxyl groups excluding tert-OH is 1. The van der Waals surface area contributed by atoms with E-state index in [0.717, 1.165) is 12.8 Å². The Morgan fingerprint density at radius 2 is 1.84 bits per heavy atom. The quantitative estimate of drug-likeness (QED) is 0.792. The molecule has 1 aliphatic carbocycles. The summed E-state index contributed by atoms with van der Waals surface area (Å²) in [6.45, 7) is 6.48. The Hall–Kier alpha value is -0.420. The van der Waals surface area contributed by atoms with E-state index < -0.39 is 15.9 Å². The fraction of sp³-hybridized carbons (Fsp3) is 0.929. The number of hydrogen-bond acceptors (Lipinski definition) is 4. The molecule has 1 saturated heterocycles. The number of Topliss-reactive ketones (excluding diaryl/α,β-unsaturated/α-hetero) is 1. The van der Waals surface area contributed by atoms with Crippen LogP contribution in [0.2, 0.25) is 0 Å². The largest absolute Gasteiger partial charge is 0.392 e. The second kappa shape index (κ2) is 4.85. The molecule has 1 saturated carbocycles. The van der Waals surface area contributed by atoms with Crippen LogP contribution in [-0.2, 0) is 14.6 Å². The molecule has 2 aliphatic rings. The van der Waals surface area contributed by atoms with Gasteiger partial charge in [-0.2, -0.15) is 0 Å². The van der Waals surface area contributed by atoms with Gasteiger partial charge in [0.25, 0.3) is 0 Å². The Balaban J connectivity index is 2.16. The zero-order valence-corrected chi connectivity index (χ0v) is 12.7. The number of carbonyl (C=O) groups excluding carboxylic acids is 1. The van der Waals surface area contributed by atoms with E-state index in [2.05, 4.69) is 20.8 Å². The van der Waals surface area contributed by atoms with Crippen LogP contribution in [0.1, 0.15) is 40.0 Å². The molecule has 0 amide bonds. The normalized spacial score (nSPS) is 39.5. The van der Waals surface area contributed by atoms with E-state index >= 15 is 0 Å². The van der Waals surface area contributed by atoms with Crippen molar-refractivity contribution < 1.29 is 18.3 Å². The molecule has 1 aliphatic heterocycles. The lowest BCUT2D eigenvalue weighted by molar-refractivity contribution is -0.129. The molecular formula is C14H24O4S. The molecular weight excluding hydrogens is 264 g/mol. The molecule has 0 aromatic rings. The van der Waals surface area contributed by atoms with Gasteiger partial charge in [0.1, 0.15) is 5.78 Å². The van der Waals surface area contributed by atoms with Crippen LogP contribution in [0.15, 0.2) is 0 Å². The van der Waals surface area contributed by atoms with Crippen LogP contribution < -0.4 is 0 Å². The van der Waals surface area contributed by atoms with Gasteiger partial charge in [-0.3, -0.25) is 4.79 Å². The molecule has 4 atom stereocenters. The van der Waals surface area contributed by atoms with Crippen molar-refractivity contribution >= 4 is 15.6 Å². The first-order chi connectivity index (χ1) is 8.60. The molecule has 5 heteroatoms. The highest BCUT2D eigenvalue weighted by molar-refractivity contribution is 7.91. The van der Waals surface area contributed by atoms with Crippen LogP contribution in [0.25, 0.3) is 0 Å². The SMILES string of the molecule is CC(C)(C)C1CCC(=O)C(C2CS(=O)(=O)CC2O)C1. The van der Waals surface area contributed by atoms with E-state index in [-0.39, 0.29) is 34.5 Å². The van der Waals surface area contributed by atoms with Gasteiger partial charge < -0.3 is 5.11 Å². The summed E-state index contributed by atoms with van der Waals surface area (Å²) in [5.41, 5.74) is 0.126. The average Bonchev–Trinajstić information content (AvgIpc) is 2.51. The molecule has 2 rings (SSSR count). The van der Waals surface area contributed by atoms with Crippen molar-refractivity contribution in [3.05, 3.63) is 0 Å². The smallest absolute Gasteiger partial charge is 0.153 e. The minimum atomic E-state index is -3.17. The number of carbonyl (C=O) groups is 1. The van der Waals surface area contributed by atoms with Crippen molar-refractivity contribution in [2.75, 3.05) is 11.5 Å². The topological polar surface area (TPSA) is 71.4 Å². The van der Waals surface area contributed by atoms with E-state index in [1.165, 1.54) is 0 Å². The number of ketones is 1. The summed E-state index contributed by atoms with van der Waals surface area (Å²) in [6.07, 6.45) is 1.27. The highest BCUT2D eigenvalue weighted by Gasteiger charge is 2.46. The fourth-order valence-electron chi connectivity index (χ4n) is 3.50. The standard InChI is InChI=1S/C14H24O4S/c1-14(2,3)9-4-5-12(15)10(6-9)11-7-19(17,18)8-13(11)16/h9-11,13,16H,4-8H2,1-3H3. The maximum Gasteiger partial charge on any atom is 0.153 e. The first-order valence-corrected chi connectivity index (χ1v) is 8.83. The van der Waals surface area contributed by atoms with Crippen LogP contribution in [0.5, 0.6) is 0 Å². The summed E-state index contributed by atoms with van der Waals surface area (Å²) in [5, 5.41) is 9.95. The Kier molecular flexibility index (Phi) is 3.82. The van der Waals surface area contributed by atoms with Gasteiger partial charge in [0, 0.05) is 18.3 Å². The summed E-state index contributed by atoms with van der Waals surface area (Å²) in [6, 6.07) is 0. The first kappa shape index (κ1) is 15.0. The zero-order chi connectivity index (χ0) is 14.4. The summed E-state index contributed by atoms with van der Waals surface area (Å²) < 4.78 is 23.2. The van der Waals surface area contributed by atoms with Crippen LogP contribution in [0.4, 0.5) is 0 Å². The molecule has 4 nitrogen and oxygen atoms in total. The van der Waals surface area contributed by atoms with Gasteiger partial charge in [-0.1, -0.05) is 20.8 Å². The lowest BCUT2D eigenvalue weighted by Gasteiger charge is -2.39. The number of rotatable bonds is 1. The van der Waals surface area contributed by atoms with Crippen LogP contribution in [-0.4, -0.2) is 36.9 Å². The van der Waals surface area contributed by atoms with Crippen molar-refractivity contribution in [2.24, 2.45) is 23.2 Å². The third kappa shape index (κ3) is 3.19. The van der Waals surface area contributed by atoms with Gasteiger partial charge in [-0.15, -0.1) is 0 Å². The number of aliphatic hydroxyl groups is 1. The predicted octanol–water partition coefficient (Wildman–Crippen LogP) is 1.42. The average molecular weight is 288 g/mol. The maximum atomic E-state index is 12.1. The first-order valence-electron chi connectivity index (χ1n) is 7.01. The monoisotopic (exact) mass is 288 g/mol. The van der Waals surface area contributed by atoms with Crippen molar-refractivity contribution in [1.82, 2.24) is 0 Å². The molecule has 1 N–H and O–H groups in total. The molecule has 110 valence electrons. The molecule has 2 fully saturated rings. The Morgan fingerprint density at radius 3 is 2.32 bits per heavy atom. The van der Waals surface area contributed by atoms with Crippen molar-refractivity contribution in [2.45, 2.75) is 46.1 Å². The highest BCUT2D eigenvalue weighted by Crippen LogP contribution is 2.43. The van der Waals surface area contributed by atoms with Crippen molar-refractivity contribution in [3.8, 4) is 0 Å². The number of sulfone groups is 1. The van der Waals surface area contributed by atoms with Crippen molar-refractivity contribution in [1.29, 1.82) is 0 Å². The van der Waals surface area contributed by atoms with Gasteiger partial charge >= 0.3 is 0 Å². The second-order valence-corrected chi connectivity index (χ2v) is 9.37. The molecule has 19 heavy (non-hydrogen) atoms. The molecule has 0 radical (unpaired) electrons. The molecule has 0 aromatic carbocycles. The predicted molar refractivity (Wildman–Crippen MR) is 73.4 cm³/mol. The molecule has 1 heterocycles. The fourth-order valence-corrected chi connectivity index (χ4v) is 5.44. The van der Waals surface area contributed by atoms with E-state index in [1.54, 1.807) is 0 Å². The van der Waals surface area contributed by atoms with Crippen LogP contribution in [0, 0.1) is 23.2 Å². The Bertz CT molecular complexity index is 460. The summed E-state index contributed by atoms with van der Waals surface area (Å²) in [5.74, 6) is -0.302. The van der Waals surface area contributed by atoms with Crippen molar-refractivity contribution in [3.63, 3.8) is 0 Å². The lowest BCUT2D eigenvalue weighted by atomic mass is 9.65. The van der Waals surface area contributed by atoms with E-state index in [4.69, 9.17) is 0 Å². The summed E-state index contributed by atoms with van der Waals surface area (Å²) >= 11 is 0. The van der Waals surface area contributed by atoms with Gasteiger partial charge in [0.05, 0.1) is 17.6 Å². The minimum absolute atomic E-state index is 0.0264. The second-order valence-electron chi connectivity index (χ2n) is 7.22. The third-order valence-corrected chi connectivity index (χ3v) is 6.54. The maximum absolute atomic E-state index is 12.1. The zero-order valence-electron chi connectivity index (χ0n) is 11.9. The summed E-state index contributed by atoms with van der Waals surface area (Å²) in [7, 11) is -3.17. The lowest BCUT2D eigenvalue weighted by Crippen LogP contribution is -2.39. The van der Waals surface area contributed by atoms with Crippen LogP contribution >= 0.6 is 0 Å². The summed E-state index contributed by atoms with van der Waals surface area (Å²) in [4.78, 5) is 12.1. The van der Waals surface area contributed by atoms with Gasteiger partial charge in [-0.05, 0) is 24.2 Å². The van der Waals surface area contributed by atoms with Gasteiger partial charge in [0.15, 0.2) is 9.84 Å². The minimum Gasteiger partial charge on any atom is -0.392 e. The number of hydrogen-bond donors (Lipinski definition) is 1. The van der Waals surface area contributed by atoms with E-state index in [0.29, 0.717) is 12.3 Å². The van der Waals surface area contributed by atoms with E-state index in [1.807, 2.05) is 0 Å². The van der Waals surface area contributed by atoms with E-state index in [9.17, 15) is 18.3 Å². The Morgan fingerprint density at radius 1 is 1.21 bits per heavy atom. The van der Waals surface area contributed by atoms with Crippen LogP contribution in [0.3, 0.4) is 0 Å². The third-order valence-electron chi connectivity index (χ3n) is 4.80. The van der Waals surface area contributed by atoms with Gasteiger partial charge in [-0.25, -0.2) is 8.42 Å². The molecule has 0 bridgehead atoms. The highest BCUT2D eigenvalue weighted by atomic mass is 32.2. The molecule has 0 aromatic heterocycles.